The first-order valence-electron chi connectivity index (χ1n) is 6.81. The maximum absolute atomic E-state index is 6.63. The molecule has 0 aliphatic carbocycles. The number of rotatable bonds is 6. The molecule has 1 aromatic carbocycles. The molecule has 17 heavy (non-hydrogen) atoms. The summed E-state index contributed by atoms with van der Waals surface area (Å²) in [6.07, 6.45) is 4.95. The molecule has 0 aromatic heterocycles. The first-order valence-corrected chi connectivity index (χ1v) is 7.25. The van der Waals surface area contributed by atoms with Gasteiger partial charge in [0.2, 0.25) is 0 Å². The molecule has 0 amide bonds. The van der Waals surface area contributed by atoms with Gasteiger partial charge in [0.15, 0.2) is 0 Å². The van der Waals surface area contributed by atoms with E-state index in [1.807, 2.05) is 0 Å². The van der Waals surface area contributed by atoms with Gasteiger partial charge in [0.05, 0.1) is 5.38 Å². The van der Waals surface area contributed by atoms with Gasteiger partial charge in [-0.15, -0.1) is 11.6 Å². The van der Waals surface area contributed by atoms with E-state index in [1.165, 1.54) is 42.4 Å². The van der Waals surface area contributed by atoms with Gasteiger partial charge >= 0.3 is 0 Å². The molecule has 0 fully saturated rings. The molecule has 0 N–H and O–H groups in total. The van der Waals surface area contributed by atoms with E-state index < -0.39 is 0 Å². The van der Waals surface area contributed by atoms with Crippen LogP contribution in [0.1, 0.15) is 61.6 Å². The molecule has 1 aromatic rings. The van der Waals surface area contributed by atoms with Crippen LogP contribution in [0.25, 0.3) is 0 Å². The van der Waals surface area contributed by atoms with Gasteiger partial charge in [-0.1, -0.05) is 51.3 Å². The standard InChI is InChI=1S/C16H25Cl/c1-5-7-8-14(6-2)16(17)15-10-9-12(3)13(4)11-15/h9-11,14,16H,5-8H2,1-4H3. The maximum Gasteiger partial charge on any atom is 0.0613 e. The summed E-state index contributed by atoms with van der Waals surface area (Å²) in [6, 6.07) is 6.63. The lowest BCUT2D eigenvalue weighted by Gasteiger charge is -2.21. The minimum atomic E-state index is 0.172. The summed E-state index contributed by atoms with van der Waals surface area (Å²) in [7, 11) is 0. The molecule has 1 rings (SSSR count). The molecule has 0 saturated carbocycles. The van der Waals surface area contributed by atoms with E-state index in [0.29, 0.717) is 5.92 Å². The monoisotopic (exact) mass is 252 g/mol. The van der Waals surface area contributed by atoms with Crippen LogP contribution in [-0.2, 0) is 0 Å². The minimum absolute atomic E-state index is 0.172. The molecule has 0 aliphatic rings. The van der Waals surface area contributed by atoms with E-state index in [9.17, 15) is 0 Å². The molecular formula is C16H25Cl. The van der Waals surface area contributed by atoms with E-state index >= 15 is 0 Å². The number of hydrogen-bond acceptors (Lipinski definition) is 0. The van der Waals surface area contributed by atoms with Crippen LogP contribution < -0.4 is 0 Å². The minimum Gasteiger partial charge on any atom is -0.118 e. The van der Waals surface area contributed by atoms with E-state index in [1.54, 1.807) is 0 Å². The summed E-state index contributed by atoms with van der Waals surface area (Å²) in [5.74, 6) is 0.610. The Kier molecular flexibility index (Phi) is 6.05. The van der Waals surface area contributed by atoms with Gasteiger partial charge in [0, 0.05) is 0 Å². The van der Waals surface area contributed by atoms with E-state index in [-0.39, 0.29) is 5.38 Å². The van der Waals surface area contributed by atoms with Crippen molar-refractivity contribution in [3.8, 4) is 0 Å². The fourth-order valence-electron chi connectivity index (χ4n) is 2.23. The van der Waals surface area contributed by atoms with Gasteiger partial charge in [-0.3, -0.25) is 0 Å². The highest BCUT2D eigenvalue weighted by Crippen LogP contribution is 2.35. The highest BCUT2D eigenvalue weighted by molar-refractivity contribution is 6.21. The number of alkyl halides is 1. The Bertz CT molecular complexity index is 343. The van der Waals surface area contributed by atoms with Crippen LogP contribution in [0, 0.1) is 19.8 Å². The summed E-state index contributed by atoms with van der Waals surface area (Å²) >= 11 is 6.63. The average molecular weight is 253 g/mol. The average Bonchev–Trinajstić information content (AvgIpc) is 2.33. The second-order valence-electron chi connectivity index (χ2n) is 5.06. The number of benzene rings is 1. The second kappa shape index (κ2) is 7.06. The number of aryl methyl sites for hydroxylation is 2. The van der Waals surface area contributed by atoms with Gasteiger partial charge < -0.3 is 0 Å². The molecule has 2 unspecified atom stereocenters. The van der Waals surface area contributed by atoms with E-state index in [4.69, 9.17) is 11.6 Å². The predicted molar refractivity (Wildman–Crippen MR) is 77.8 cm³/mol. The van der Waals surface area contributed by atoms with Crippen LogP contribution in [0.2, 0.25) is 0 Å². The first kappa shape index (κ1) is 14.6. The molecule has 0 aliphatic heterocycles. The van der Waals surface area contributed by atoms with Gasteiger partial charge in [-0.05, 0) is 42.9 Å². The zero-order chi connectivity index (χ0) is 12.8. The van der Waals surface area contributed by atoms with Crippen LogP contribution in [0.4, 0.5) is 0 Å². The van der Waals surface area contributed by atoms with Gasteiger partial charge in [0.25, 0.3) is 0 Å². The van der Waals surface area contributed by atoms with E-state index in [0.717, 1.165) is 0 Å². The van der Waals surface area contributed by atoms with Crippen molar-refractivity contribution in [2.75, 3.05) is 0 Å². The van der Waals surface area contributed by atoms with Crippen molar-refractivity contribution in [3.05, 3.63) is 34.9 Å². The molecule has 0 heterocycles. The third-order valence-electron chi connectivity index (χ3n) is 3.72. The predicted octanol–water partition coefficient (Wildman–Crippen LogP) is 5.80. The third kappa shape index (κ3) is 4.03. The van der Waals surface area contributed by atoms with Crippen LogP contribution >= 0.6 is 11.6 Å². The maximum atomic E-state index is 6.63. The second-order valence-corrected chi connectivity index (χ2v) is 5.53. The van der Waals surface area contributed by atoms with Gasteiger partial charge in [0.1, 0.15) is 0 Å². The Morgan fingerprint density at radius 1 is 1.12 bits per heavy atom. The van der Waals surface area contributed by atoms with Crippen molar-refractivity contribution in [3.63, 3.8) is 0 Å². The Morgan fingerprint density at radius 3 is 2.35 bits per heavy atom. The fraction of sp³-hybridized carbons (Fsp3) is 0.625. The van der Waals surface area contributed by atoms with Crippen molar-refractivity contribution in [1.29, 1.82) is 0 Å². The Morgan fingerprint density at radius 2 is 1.82 bits per heavy atom. The van der Waals surface area contributed by atoms with Crippen molar-refractivity contribution in [2.24, 2.45) is 5.92 Å². The van der Waals surface area contributed by atoms with Crippen LogP contribution in [0.3, 0.4) is 0 Å². The van der Waals surface area contributed by atoms with E-state index in [2.05, 4.69) is 45.9 Å². The van der Waals surface area contributed by atoms with Crippen molar-refractivity contribution < 1.29 is 0 Å². The van der Waals surface area contributed by atoms with Gasteiger partial charge in [-0.25, -0.2) is 0 Å². The Balaban J connectivity index is 2.78. The fourth-order valence-corrected chi connectivity index (χ4v) is 2.67. The summed E-state index contributed by atoms with van der Waals surface area (Å²) < 4.78 is 0. The molecular weight excluding hydrogens is 228 g/mol. The largest absolute Gasteiger partial charge is 0.118 e. The smallest absolute Gasteiger partial charge is 0.0613 e. The van der Waals surface area contributed by atoms with Gasteiger partial charge in [-0.2, -0.15) is 0 Å². The quantitative estimate of drug-likeness (QED) is 0.562. The van der Waals surface area contributed by atoms with Crippen molar-refractivity contribution in [2.45, 2.75) is 58.8 Å². The normalized spacial score (nSPS) is 14.6. The number of halogens is 1. The Hall–Kier alpha value is -0.490. The number of hydrogen-bond donors (Lipinski definition) is 0. The number of unbranched alkanes of at least 4 members (excludes halogenated alkanes) is 1. The zero-order valence-electron chi connectivity index (χ0n) is 11.6. The lowest BCUT2D eigenvalue weighted by molar-refractivity contribution is 0.437. The highest BCUT2D eigenvalue weighted by Gasteiger charge is 2.19. The molecule has 96 valence electrons. The molecule has 1 heteroatoms. The summed E-state index contributed by atoms with van der Waals surface area (Å²) in [5.41, 5.74) is 3.98. The lowest BCUT2D eigenvalue weighted by Crippen LogP contribution is -2.07. The molecule has 0 saturated heterocycles. The molecule has 0 spiro atoms. The molecule has 0 nitrogen and oxygen atoms in total. The summed E-state index contributed by atoms with van der Waals surface area (Å²) in [5, 5.41) is 0.172. The molecule has 0 radical (unpaired) electrons. The van der Waals surface area contributed by atoms with Crippen LogP contribution in [0.5, 0.6) is 0 Å². The van der Waals surface area contributed by atoms with Crippen LogP contribution in [0.15, 0.2) is 18.2 Å². The Labute approximate surface area is 111 Å². The summed E-state index contributed by atoms with van der Waals surface area (Å²) in [4.78, 5) is 0. The zero-order valence-corrected chi connectivity index (χ0v) is 12.3. The molecule has 0 bridgehead atoms. The highest BCUT2D eigenvalue weighted by atomic mass is 35.5. The lowest BCUT2D eigenvalue weighted by atomic mass is 9.90. The first-order chi connectivity index (χ1) is 8.10. The molecule has 2 atom stereocenters. The van der Waals surface area contributed by atoms with Crippen LogP contribution in [-0.4, -0.2) is 0 Å². The van der Waals surface area contributed by atoms with Crippen molar-refractivity contribution in [1.82, 2.24) is 0 Å². The summed E-state index contributed by atoms with van der Waals surface area (Å²) in [6.45, 7) is 8.80. The topological polar surface area (TPSA) is 0 Å². The van der Waals surface area contributed by atoms with Crippen molar-refractivity contribution >= 4 is 11.6 Å². The third-order valence-corrected chi connectivity index (χ3v) is 4.32. The SMILES string of the molecule is CCCCC(CC)C(Cl)c1ccc(C)c(C)c1.